The lowest BCUT2D eigenvalue weighted by Gasteiger charge is -2.16. The average Bonchev–Trinajstić information content (AvgIpc) is 3.67. The second-order valence-electron chi connectivity index (χ2n) is 8.92. The third-order valence-corrected chi connectivity index (χ3v) is 12.5. The van der Waals surface area contributed by atoms with E-state index in [4.69, 9.17) is 4.74 Å². The van der Waals surface area contributed by atoms with Crippen LogP contribution in [0.5, 0.6) is 5.75 Å². The minimum absolute atomic E-state index is 0.216. The molecule has 0 bridgehead atoms. The van der Waals surface area contributed by atoms with Crippen molar-refractivity contribution in [1.82, 2.24) is 0 Å². The summed E-state index contributed by atoms with van der Waals surface area (Å²) in [5, 5.41) is 7.74. The number of fused-ring (bicyclic) bond motifs is 4. The van der Waals surface area contributed by atoms with E-state index in [2.05, 4.69) is 59.2 Å². The Morgan fingerprint density at radius 2 is 1.28 bits per heavy atom. The molecule has 1 unspecified atom stereocenters. The van der Waals surface area contributed by atoms with Gasteiger partial charge >= 0.3 is 0 Å². The van der Waals surface area contributed by atoms with Gasteiger partial charge < -0.3 is 15.4 Å². The SMILES string of the molecule is CC.O=S1(=O)COc2ccccc21.O=S1CCNc2ccccc21.c1ccc2c(c1)NCCS2.c1ccc2c(c1)SCS2. The number of hydrogen-bond acceptors (Lipinski definition) is 9. The number of benzene rings is 4. The van der Waals surface area contributed by atoms with Crippen molar-refractivity contribution in [2.75, 3.05) is 46.3 Å². The van der Waals surface area contributed by atoms with Crippen molar-refractivity contribution >= 4 is 67.3 Å². The van der Waals surface area contributed by atoms with Gasteiger partial charge in [0.15, 0.2) is 5.94 Å². The van der Waals surface area contributed by atoms with Gasteiger partial charge in [0.05, 0.1) is 21.4 Å². The molecule has 2 N–H and O–H groups in total. The van der Waals surface area contributed by atoms with Crippen molar-refractivity contribution in [3.8, 4) is 5.75 Å². The maximum absolute atomic E-state index is 11.4. The number of sulfone groups is 1. The van der Waals surface area contributed by atoms with Crippen molar-refractivity contribution in [3.63, 3.8) is 0 Å². The van der Waals surface area contributed by atoms with E-state index in [1.165, 1.54) is 31.2 Å². The van der Waals surface area contributed by atoms with Crippen LogP contribution in [0.1, 0.15) is 13.8 Å². The highest BCUT2D eigenvalue weighted by molar-refractivity contribution is 8.18. The van der Waals surface area contributed by atoms with Crippen LogP contribution in [-0.4, -0.2) is 48.2 Å². The van der Waals surface area contributed by atoms with Gasteiger partial charge in [0.25, 0.3) is 0 Å². The molecule has 4 aliphatic heterocycles. The first-order valence-electron chi connectivity index (χ1n) is 14.0. The maximum atomic E-state index is 11.4. The van der Waals surface area contributed by atoms with Gasteiger partial charge in [-0.2, -0.15) is 0 Å². The molecule has 0 saturated heterocycles. The van der Waals surface area contributed by atoms with E-state index in [1.807, 2.05) is 73.4 Å². The zero-order valence-electron chi connectivity index (χ0n) is 24.2. The number of rotatable bonds is 0. The molecule has 43 heavy (non-hydrogen) atoms. The summed E-state index contributed by atoms with van der Waals surface area (Å²) in [5.74, 6) is 2.17. The first-order valence-corrected chi connectivity index (χ1v) is 19.9. The lowest BCUT2D eigenvalue weighted by atomic mass is 10.3. The number of hydrogen-bond donors (Lipinski definition) is 2. The fourth-order valence-corrected chi connectivity index (χ4v) is 9.68. The molecule has 8 rings (SSSR count). The molecule has 0 fully saturated rings. The number of anilines is 2. The summed E-state index contributed by atoms with van der Waals surface area (Å²) in [5.41, 5.74) is 2.32. The highest BCUT2D eigenvalue weighted by Crippen LogP contribution is 2.41. The third-order valence-electron chi connectivity index (χ3n) is 6.13. The smallest absolute Gasteiger partial charge is 0.216 e. The largest absolute Gasteiger partial charge is 0.476 e. The minimum Gasteiger partial charge on any atom is -0.476 e. The number of thioether (sulfide) groups is 3. The van der Waals surface area contributed by atoms with E-state index in [-0.39, 0.29) is 5.94 Å². The molecule has 1 atom stereocenters. The van der Waals surface area contributed by atoms with Gasteiger partial charge in [-0.3, -0.25) is 4.21 Å². The van der Waals surface area contributed by atoms with Crippen molar-refractivity contribution in [2.24, 2.45) is 0 Å². The summed E-state index contributed by atoms with van der Waals surface area (Å²) in [6.07, 6.45) is 0. The van der Waals surface area contributed by atoms with Crippen molar-refractivity contribution in [2.45, 2.75) is 38.3 Å². The van der Waals surface area contributed by atoms with Gasteiger partial charge in [-0.15, -0.1) is 35.3 Å². The second-order valence-corrected chi connectivity index (χ2v) is 15.9. The molecular formula is C32H36N2O4S5. The summed E-state index contributed by atoms with van der Waals surface area (Å²) in [7, 11) is -3.91. The molecule has 0 spiro atoms. The molecule has 0 amide bonds. The Morgan fingerprint density at radius 1 is 0.698 bits per heavy atom. The van der Waals surface area contributed by atoms with Crippen LogP contribution in [0.15, 0.2) is 122 Å². The normalized spacial score (nSPS) is 17.5. The van der Waals surface area contributed by atoms with E-state index in [0.717, 1.165) is 29.4 Å². The Hall–Kier alpha value is -2.57. The molecule has 11 heteroatoms. The minimum atomic E-state index is -3.13. The third kappa shape index (κ3) is 9.46. The summed E-state index contributed by atoms with van der Waals surface area (Å²) in [6, 6.07) is 31.4. The zero-order valence-corrected chi connectivity index (χ0v) is 28.2. The molecule has 4 aliphatic rings. The lowest BCUT2D eigenvalue weighted by molar-refractivity contribution is 0.389. The molecule has 0 saturated carbocycles. The zero-order chi connectivity index (χ0) is 30.5. The lowest BCUT2D eigenvalue weighted by Crippen LogP contribution is -2.18. The first-order chi connectivity index (χ1) is 21.0. The van der Waals surface area contributed by atoms with E-state index >= 15 is 0 Å². The second kappa shape index (κ2) is 17.1. The van der Waals surface area contributed by atoms with Gasteiger partial charge in [-0.25, -0.2) is 8.42 Å². The van der Waals surface area contributed by atoms with E-state index in [9.17, 15) is 12.6 Å². The highest BCUT2D eigenvalue weighted by Gasteiger charge is 2.26. The van der Waals surface area contributed by atoms with Gasteiger partial charge in [0.2, 0.25) is 9.84 Å². The van der Waals surface area contributed by atoms with Crippen LogP contribution in [0.2, 0.25) is 0 Å². The quantitative estimate of drug-likeness (QED) is 0.193. The summed E-state index contributed by atoms with van der Waals surface area (Å²) in [4.78, 5) is 5.53. The highest BCUT2D eigenvalue weighted by atomic mass is 32.2. The van der Waals surface area contributed by atoms with Crippen molar-refractivity contribution < 1.29 is 17.4 Å². The van der Waals surface area contributed by atoms with Gasteiger partial charge in [-0.1, -0.05) is 62.4 Å². The molecule has 4 aromatic carbocycles. The molecule has 228 valence electrons. The van der Waals surface area contributed by atoms with E-state index < -0.39 is 20.6 Å². The molecule has 0 aliphatic carbocycles. The van der Waals surface area contributed by atoms with E-state index in [0.29, 0.717) is 10.6 Å². The van der Waals surface area contributed by atoms with Gasteiger partial charge in [-0.05, 0) is 48.5 Å². The Kier molecular flexibility index (Phi) is 13.2. The van der Waals surface area contributed by atoms with Crippen LogP contribution < -0.4 is 15.4 Å². The monoisotopic (exact) mass is 672 g/mol. The number of nitrogens with one attached hydrogen (secondary N) is 2. The first kappa shape index (κ1) is 33.3. The van der Waals surface area contributed by atoms with Crippen LogP contribution in [0.25, 0.3) is 0 Å². The molecule has 4 aromatic rings. The van der Waals surface area contributed by atoms with Gasteiger partial charge in [0, 0.05) is 50.1 Å². The Balaban J connectivity index is 0.000000129. The Morgan fingerprint density at radius 3 is 1.95 bits per heavy atom. The molecule has 0 radical (unpaired) electrons. The van der Waals surface area contributed by atoms with Crippen molar-refractivity contribution in [3.05, 3.63) is 97.1 Å². The molecule has 6 nitrogen and oxygen atoms in total. The predicted octanol–water partition coefficient (Wildman–Crippen LogP) is 8.10. The summed E-state index contributed by atoms with van der Waals surface area (Å²) >= 11 is 5.79. The fourth-order valence-electron chi connectivity index (χ4n) is 4.16. The standard InChI is InChI=1S/C8H9NOS.C8H9NS.C7H6O3S.C7H6S2.C2H6/c10-11-6-5-9-7-3-1-2-4-8(7)11;1-2-4-8-7(3-1)9-5-6-10-8;8-11(9)5-10-6-3-1-2-4-7(6)11;1-2-4-7-6(3-1)8-5-9-7;1-2/h1-4,9H,5-6H2;1-4,9H,5-6H2;1-4H,5H2;1-4H,5H2;1-2H3. The van der Waals surface area contributed by atoms with Gasteiger partial charge in [0.1, 0.15) is 10.6 Å². The van der Waals surface area contributed by atoms with Crippen LogP contribution in [0.4, 0.5) is 11.4 Å². The molecular weight excluding hydrogens is 637 g/mol. The number of para-hydroxylation sites is 3. The Bertz CT molecular complexity index is 1570. The molecule has 0 aromatic heterocycles. The van der Waals surface area contributed by atoms with Crippen LogP contribution in [0, 0.1) is 0 Å². The van der Waals surface area contributed by atoms with Crippen molar-refractivity contribution in [1.29, 1.82) is 0 Å². The summed E-state index contributed by atoms with van der Waals surface area (Å²) < 4.78 is 38.5. The van der Waals surface area contributed by atoms with Crippen LogP contribution >= 0.6 is 35.3 Å². The maximum Gasteiger partial charge on any atom is 0.216 e. The average molecular weight is 673 g/mol. The molecule has 4 heterocycles. The van der Waals surface area contributed by atoms with Crippen LogP contribution in [-0.2, 0) is 20.6 Å². The fraction of sp³-hybridized carbons (Fsp3) is 0.250. The Labute approximate surface area is 270 Å². The topological polar surface area (TPSA) is 84.5 Å². The summed E-state index contributed by atoms with van der Waals surface area (Å²) in [6.45, 7) is 5.92. The van der Waals surface area contributed by atoms with E-state index in [1.54, 1.807) is 24.3 Å². The number of ether oxygens (including phenoxy) is 1. The predicted molar refractivity (Wildman–Crippen MR) is 185 cm³/mol. The van der Waals surface area contributed by atoms with Crippen LogP contribution in [0.3, 0.4) is 0 Å².